The van der Waals surface area contributed by atoms with Crippen LogP contribution in [0.2, 0.25) is 0 Å². The summed E-state index contributed by atoms with van der Waals surface area (Å²) in [7, 11) is 0. The molecule has 1 aliphatic rings. The SMILES string of the molecule is CC(C)COCC(C)NC(=O)N[C@@H]1c2ccccc2C[C@@H]1O. The smallest absolute Gasteiger partial charge is 0.315 e. The third-order valence-electron chi connectivity index (χ3n) is 3.69. The Balaban J connectivity index is 1.82. The summed E-state index contributed by atoms with van der Waals surface area (Å²) in [5.74, 6) is 0.478. The van der Waals surface area contributed by atoms with E-state index in [0.29, 0.717) is 25.6 Å². The molecule has 0 aliphatic heterocycles. The highest BCUT2D eigenvalue weighted by Gasteiger charge is 2.31. The molecule has 1 unspecified atom stereocenters. The van der Waals surface area contributed by atoms with Crippen molar-refractivity contribution in [1.82, 2.24) is 10.6 Å². The maximum atomic E-state index is 12.1. The van der Waals surface area contributed by atoms with E-state index in [2.05, 4.69) is 24.5 Å². The van der Waals surface area contributed by atoms with Gasteiger partial charge in [-0.15, -0.1) is 0 Å². The van der Waals surface area contributed by atoms with Crippen LogP contribution in [0.3, 0.4) is 0 Å². The lowest BCUT2D eigenvalue weighted by Gasteiger charge is -2.21. The highest BCUT2D eigenvalue weighted by atomic mass is 16.5. The molecule has 0 spiro atoms. The zero-order chi connectivity index (χ0) is 16.1. The number of urea groups is 1. The van der Waals surface area contributed by atoms with Crippen molar-refractivity contribution in [2.45, 2.75) is 45.4 Å². The molecule has 3 N–H and O–H groups in total. The van der Waals surface area contributed by atoms with Gasteiger partial charge in [0, 0.05) is 13.0 Å². The maximum absolute atomic E-state index is 12.1. The van der Waals surface area contributed by atoms with E-state index >= 15 is 0 Å². The van der Waals surface area contributed by atoms with E-state index in [9.17, 15) is 9.90 Å². The Morgan fingerprint density at radius 3 is 2.77 bits per heavy atom. The summed E-state index contributed by atoms with van der Waals surface area (Å²) in [6, 6.07) is 7.11. The van der Waals surface area contributed by atoms with Crippen LogP contribution < -0.4 is 10.6 Å². The van der Waals surface area contributed by atoms with Gasteiger partial charge in [0.15, 0.2) is 0 Å². The molecule has 0 radical (unpaired) electrons. The van der Waals surface area contributed by atoms with Crippen molar-refractivity contribution in [3.63, 3.8) is 0 Å². The number of carbonyl (C=O) groups is 1. The van der Waals surface area contributed by atoms with Gasteiger partial charge in [-0.05, 0) is 24.0 Å². The van der Waals surface area contributed by atoms with Crippen LogP contribution in [0.1, 0.15) is 37.9 Å². The molecule has 0 aromatic heterocycles. The lowest BCUT2D eigenvalue weighted by molar-refractivity contribution is 0.0944. The van der Waals surface area contributed by atoms with Crippen LogP contribution in [0.5, 0.6) is 0 Å². The molecule has 0 saturated carbocycles. The molecule has 3 atom stereocenters. The van der Waals surface area contributed by atoms with Crippen LogP contribution in [-0.4, -0.2) is 36.5 Å². The fraction of sp³-hybridized carbons (Fsp3) is 0.588. The largest absolute Gasteiger partial charge is 0.390 e. The topological polar surface area (TPSA) is 70.6 Å². The van der Waals surface area contributed by atoms with E-state index < -0.39 is 6.10 Å². The number of carbonyl (C=O) groups excluding carboxylic acids is 1. The molecule has 2 rings (SSSR count). The normalized spacial score (nSPS) is 21.5. The van der Waals surface area contributed by atoms with Crippen LogP contribution in [0, 0.1) is 5.92 Å². The third-order valence-corrected chi connectivity index (χ3v) is 3.69. The van der Waals surface area contributed by atoms with Crippen molar-refractivity contribution in [3.05, 3.63) is 35.4 Å². The van der Waals surface area contributed by atoms with Gasteiger partial charge in [-0.1, -0.05) is 38.1 Å². The number of aliphatic hydroxyl groups is 1. The summed E-state index contributed by atoms with van der Waals surface area (Å²) in [4.78, 5) is 12.1. The summed E-state index contributed by atoms with van der Waals surface area (Å²) >= 11 is 0. The second kappa shape index (κ2) is 7.61. The number of rotatable bonds is 6. The number of fused-ring (bicyclic) bond motifs is 1. The first kappa shape index (κ1) is 16.8. The number of hydrogen-bond acceptors (Lipinski definition) is 3. The summed E-state index contributed by atoms with van der Waals surface area (Å²) in [6.07, 6.45) is 0.00408. The number of amides is 2. The fourth-order valence-corrected chi connectivity index (χ4v) is 2.68. The van der Waals surface area contributed by atoms with E-state index in [-0.39, 0.29) is 18.1 Å². The lowest BCUT2D eigenvalue weighted by Crippen LogP contribution is -2.45. The summed E-state index contributed by atoms with van der Waals surface area (Å²) in [5, 5.41) is 15.8. The van der Waals surface area contributed by atoms with E-state index in [0.717, 1.165) is 11.1 Å². The van der Waals surface area contributed by atoms with Gasteiger partial charge in [0.25, 0.3) is 0 Å². The molecule has 0 heterocycles. The average Bonchev–Trinajstić information content (AvgIpc) is 2.74. The van der Waals surface area contributed by atoms with Crippen molar-refractivity contribution in [3.8, 4) is 0 Å². The van der Waals surface area contributed by atoms with Gasteiger partial charge in [-0.2, -0.15) is 0 Å². The first-order valence-electron chi connectivity index (χ1n) is 7.88. The van der Waals surface area contributed by atoms with Crippen LogP contribution >= 0.6 is 0 Å². The Kier molecular flexibility index (Phi) is 5.80. The van der Waals surface area contributed by atoms with Crippen LogP contribution in [0.4, 0.5) is 4.79 Å². The van der Waals surface area contributed by atoms with Gasteiger partial charge in [-0.3, -0.25) is 0 Å². The van der Waals surface area contributed by atoms with Crippen molar-refractivity contribution in [1.29, 1.82) is 0 Å². The van der Waals surface area contributed by atoms with Crippen LogP contribution in [0.25, 0.3) is 0 Å². The minimum Gasteiger partial charge on any atom is -0.390 e. The van der Waals surface area contributed by atoms with Crippen molar-refractivity contribution in [2.75, 3.05) is 13.2 Å². The van der Waals surface area contributed by atoms with E-state index in [1.54, 1.807) is 0 Å². The standard InChI is InChI=1S/C17H26N2O3/c1-11(2)9-22-10-12(3)18-17(21)19-16-14-7-5-4-6-13(14)8-15(16)20/h4-7,11-12,15-16,20H,8-10H2,1-3H3,(H2,18,19,21)/t12?,15-,16+/m0/s1. The predicted octanol–water partition coefficient (Wildman–Crippen LogP) is 2.01. The minimum atomic E-state index is -0.573. The van der Waals surface area contributed by atoms with Crippen LogP contribution in [-0.2, 0) is 11.2 Å². The fourth-order valence-electron chi connectivity index (χ4n) is 2.68. The molecule has 1 aromatic rings. The Morgan fingerprint density at radius 1 is 1.32 bits per heavy atom. The Hall–Kier alpha value is -1.59. The van der Waals surface area contributed by atoms with Gasteiger partial charge in [-0.25, -0.2) is 4.79 Å². The summed E-state index contributed by atoms with van der Waals surface area (Å²) in [6.45, 7) is 7.24. The van der Waals surface area contributed by atoms with Gasteiger partial charge in [0.05, 0.1) is 24.8 Å². The van der Waals surface area contributed by atoms with E-state index in [1.165, 1.54) is 0 Å². The molecule has 5 nitrogen and oxygen atoms in total. The second-order valence-electron chi connectivity index (χ2n) is 6.40. The molecule has 22 heavy (non-hydrogen) atoms. The lowest BCUT2D eigenvalue weighted by atomic mass is 10.1. The minimum absolute atomic E-state index is 0.0764. The second-order valence-corrected chi connectivity index (χ2v) is 6.40. The molecule has 1 aliphatic carbocycles. The predicted molar refractivity (Wildman–Crippen MR) is 85.7 cm³/mol. The molecular formula is C17H26N2O3. The molecule has 2 amide bonds. The van der Waals surface area contributed by atoms with Gasteiger partial charge in [0.1, 0.15) is 0 Å². The molecule has 0 bridgehead atoms. The summed E-state index contributed by atoms with van der Waals surface area (Å²) < 4.78 is 5.51. The highest BCUT2D eigenvalue weighted by Crippen LogP contribution is 2.30. The third kappa shape index (κ3) is 4.45. The maximum Gasteiger partial charge on any atom is 0.315 e. The molecule has 0 fully saturated rings. The van der Waals surface area contributed by atoms with E-state index in [4.69, 9.17) is 4.74 Å². The van der Waals surface area contributed by atoms with Gasteiger partial charge < -0.3 is 20.5 Å². The highest BCUT2D eigenvalue weighted by molar-refractivity contribution is 5.75. The molecular weight excluding hydrogens is 280 g/mol. The zero-order valence-electron chi connectivity index (χ0n) is 13.5. The van der Waals surface area contributed by atoms with Crippen molar-refractivity contribution < 1.29 is 14.6 Å². The number of hydrogen-bond donors (Lipinski definition) is 3. The summed E-state index contributed by atoms with van der Waals surface area (Å²) in [5.41, 5.74) is 2.09. The Morgan fingerprint density at radius 2 is 2.05 bits per heavy atom. The zero-order valence-corrected chi connectivity index (χ0v) is 13.5. The first-order valence-corrected chi connectivity index (χ1v) is 7.88. The monoisotopic (exact) mass is 306 g/mol. The number of ether oxygens (including phenoxy) is 1. The Bertz CT molecular complexity index is 504. The van der Waals surface area contributed by atoms with Gasteiger partial charge in [0.2, 0.25) is 0 Å². The average molecular weight is 306 g/mol. The van der Waals surface area contributed by atoms with E-state index in [1.807, 2.05) is 31.2 Å². The van der Waals surface area contributed by atoms with Gasteiger partial charge >= 0.3 is 6.03 Å². The molecule has 1 aromatic carbocycles. The molecule has 5 heteroatoms. The number of aliphatic hydroxyl groups excluding tert-OH is 1. The molecule has 122 valence electrons. The molecule has 0 saturated heterocycles. The number of benzene rings is 1. The van der Waals surface area contributed by atoms with Crippen LogP contribution in [0.15, 0.2) is 24.3 Å². The van der Waals surface area contributed by atoms with Crippen molar-refractivity contribution >= 4 is 6.03 Å². The Labute approximate surface area is 132 Å². The quantitative estimate of drug-likeness (QED) is 0.753. The number of nitrogens with one attached hydrogen (secondary N) is 2. The first-order chi connectivity index (χ1) is 10.5. The van der Waals surface area contributed by atoms with Crippen molar-refractivity contribution in [2.24, 2.45) is 5.92 Å².